The smallest absolute Gasteiger partial charge is 0.265 e. The highest BCUT2D eigenvalue weighted by Crippen LogP contribution is 2.31. The van der Waals surface area contributed by atoms with Crippen LogP contribution in [0.5, 0.6) is 11.5 Å². The number of benzene rings is 2. The van der Waals surface area contributed by atoms with E-state index >= 15 is 0 Å². The molecule has 6 nitrogen and oxygen atoms in total. The molecule has 0 bridgehead atoms. The SMILES string of the molecule is CCOc1ccc(NS(=O)(=O)c2cc(N)ccc2OC)cc1Br. The molecule has 0 saturated heterocycles. The number of ether oxygens (including phenoxy) is 2. The summed E-state index contributed by atoms with van der Waals surface area (Å²) in [5.41, 5.74) is 6.40. The number of nitrogen functional groups attached to an aromatic ring is 1. The molecule has 2 aromatic rings. The molecule has 0 aromatic heterocycles. The minimum absolute atomic E-state index is 0.0231. The van der Waals surface area contributed by atoms with E-state index in [0.29, 0.717) is 28.2 Å². The number of hydrogen-bond acceptors (Lipinski definition) is 5. The number of nitrogens with one attached hydrogen (secondary N) is 1. The zero-order valence-corrected chi connectivity index (χ0v) is 15.1. The van der Waals surface area contributed by atoms with Gasteiger partial charge in [-0.05, 0) is 59.3 Å². The van der Waals surface area contributed by atoms with E-state index in [0.717, 1.165) is 0 Å². The maximum absolute atomic E-state index is 12.6. The summed E-state index contributed by atoms with van der Waals surface area (Å²) in [6.07, 6.45) is 0. The van der Waals surface area contributed by atoms with E-state index in [2.05, 4.69) is 20.7 Å². The monoisotopic (exact) mass is 400 g/mol. The molecule has 2 aromatic carbocycles. The Kier molecular flexibility index (Phi) is 5.38. The van der Waals surface area contributed by atoms with Gasteiger partial charge in [-0.2, -0.15) is 0 Å². The summed E-state index contributed by atoms with van der Waals surface area (Å²) in [6, 6.07) is 9.36. The van der Waals surface area contributed by atoms with Crippen molar-refractivity contribution in [3.05, 3.63) is 40.9 Å². The van der Waals surface area contributed by atoms with Crippen molar-refractivity contribution in [2.45, 2.75) is 11.8 Å². The van der Waals surface area contributed by atoms with Crippen LogP contribution in [0.2, 0.25) is 0 Å². The molecule has 124 valence electrons. The van der Waals surface area contributed by atoms with Crippen molar-refractivity contribution in [2.75, 3.05) is 24.2 Å². The molecule has 0 aliphatic heterocycles. The first-order valence-electron chi connectivity index (χ1n) is 6.76. The molecule has 2 rings (SSSR count). The second-order valence-corrected chi connectivity index (χ2v) is 7.10. The van der Waals surface area contributed by atoms with E-state index in [1.807, 2.05) is 6.92 Å². The van der Waals surface area contributed by atoms with Gasteiger partial charge in [0.05, 0.1) is 23.9 Å². The van der Waals surface area contributed by atoms with E-state index in [1.165, 1.54) is 19.2 Å². The molecule has 0 saturated carbocycles. The van der Waals surface area contributed by atoms with Crippen molar-refractivity contribution in [3.8, 4) is 11.5 Å². The van der Waals surface area contributed by atoms with Crippen LogP contribution in [0.25, 0.3) is 0 Å². The number of rotatable bonds is 6. The van der Waals surface area contributed by atoms with Crippen LogP contribution in [0, 0.1) is 0 Å². The molecule has 0 aliphatic carbocycles. The van der Waals surface area contributed by atoms with Crippen LogP contribution in [0.1, 0.15) is 6.92 Å². The Balaban J connectivity index is 2.35. The van der Waals surface area contributed by atoms with Crippen molar-refractivity contribution >= 4 is 37.3 Å². The van der Waals surface area contributed by atoms with Crippen LogP contribution >= 0.6 is 15.9 Å². The Morgan fingerprint density at radius 1 is 1.17 bits per heavy atom. The fourth-order valence-electron chi connectivity index (χ4n) is 1.95. The maximum Gasteiger partial charge on any atom is 0.265 e. The lowest BCUT2D eigenvalue weighted by atomic mass is 10.3. The van der Waals surface area contributed by atoms with Crippen LogP contribution < -0.4 is 19.9 Å². The van der Waals surface area contributed by atoms with Gasteiger partial charge < -0.3 is 15.2 Å². The van der Waals surface area contributed by atoms with Gasteiger partial charge in [-0.1, -0.05) is 0 Å². The Bertz CT molecular complexity index is 809. The molecule has 0 aliphatic rings. The topological polar surface area (TPSA) is 90.7 Å². The van der Waals surface area contributed by atoms with Gasteiger partial charge in [-0.15, -0.1) is 0 Å². The van der Waals surface area contributed by atoms with E-state index in [1.54, 1.807) is 24.3 Å². The molecular formula is C15H17BrN2O4S. The summed E-state index contributed by atoms with van der Waals surface area (Å²) in [4.78, 5) is -0.0231. The first-order chi connectivity index (χ1) is 10.9. The minimum Gasteiger partial charge on any atom is -0.495 e. The summed E-state index contributed by atoms with van der Waals surface area (Å²) in [7, 11) is -2.44. The lowest BCUT2D eigenvalue weighted by Gasteiger charge is -2.13. The molecule has 8 heteroatoms. The first-order valence-corrected chi connectivity index (χ1v) is 9.03. The highest BCUT2D eigenvalue weighted by molar-refractivity contribution is 9.10. The van der Waals surface area contributed by atoms with Gasteiger partial charge in [0, 0.05) is 5.69 Å². The van der Waals surface area contributed by atoms with Gasteiger partial charge in [-0.25, -0.2) is 8.42 Å². The van der Waals surface area contributed by atoms with Crippen LogP contribution in [-0.2, 0) is 10.0 Å². The molecule has 0 unspecified atom stereocenters. The van der Waals surface area contributed by atoms with Crippen molar-refractivity contribution in [1.82, 2.24) is 0 Å². The fraction of sp³-hybridized carbons (Fsp3) is 0.200. The van der Waals surface area contributed by atoms with Gasteiger partial charge >= 0.3 is 0 Å². The second-order valence-electron chi connectivity index (χ2n) is 4.59. The molecule has 3 N–H and O–H groups in total. The van der Waals surface area contributed by atoms with E-state index in [9.17, 15) is 8.42 Å². The van der Waals surface area contributed by atoms with E-state index in [-0.39, 0.29) is 10.6 Å². The van der Waals surface area contributed by atoms with Crippen molar-refractivity contribution in [3.63, 3.8) is 0 Å². The number of hydrogen-bond donors (Lipinski definition) is 2. The standard InChI is InChI=1S/C15H17BrN2O4S/c1-3-22-13-7-5-11(9-12(13)16)18-23(19,20)15-8-10(17)4-6-14(15)21-2/h4-9,18H,3,17H2,1-2H3. The summed E-state index contributed by atoms with van der Waals surface area (Å²) >= 11 is 3.35. The number of sulfonamides is 1. The molecule has 0 radical (unpaired) electrons. The highest BCUT2D eigenvalue weighted by atomic mass is 79.9. The molecule has 23 heavy (non-hydrogen) atoms. The van der Waals surface area contributed by atoms with Crippen molar-refractivity contribution in [2.24, 2.45) is 0 Å². The average molecular weight is 401 g/mol. The van der Waals surface area contributed by atoms with Crippen LogP contribution in [0.3, 0.4) is 0 Å². The van der Waals surface area contributed by atoms with Gasteiger partial charge in [0.2, 0.25) is 0 Å². The molecule has 0 spiro atoms. The first kappa shape index (κ1) is 17.4. The molecule has 0 fully saturated rings. The Morgan fingerprint density at radius 3 is 2.48 bits per heavy atom. The van der Waals surface area contributed by atoms with Crippen molar-refractivity contribution < 1.29 is 17.9 Å². The van der Waals surface area contributed by atoms with Gasteiger partial charge in [-0.3, -0.25) is 4.72 Å². The Morgan fingerprint density at radius 2 is 1.87 bits per heavy atom. The zero-order chi connectivity index (χ0) is 17.0. The second kappa shape index (κ2) is 7.10. The summed E-state index contributed by atoms with van der Waals surface area (Å²) in [5, 5.41) is 0. The maximum atomic E-state index is 12.6. The molecular weight excluding hydrogens is 384 g/mol. The van der Waals surface area contributed by atoms with Gasteiger partial charge in [0.15, 0.2) is 0 Å². The van der Waals surface area contributed by atoms with Gasteiger partial charge in [0.1, 0.15) is 16.4 Å². The predicted octanol–water partition coefficient (Wildman–Crippen LogP) is 3.24. The molecule has 0 amide bonds. The van der Waals surface area contributed by atoms with Gasteiger partial charge in [0.25, 0.3) is 10.0 Å². The fourth-order valence-corrected chi connectivity index (χ4v) is 3.70. The molecule has 0 heterocycles. The zero-order valence-electron chi connectivity index (χ0n) is 12.7. The predicted molar refractivity (Wildman–Crippen MR) is 93.5 cm³/mol. The number of anilines is 2. The average Bonchev–Trinajstić information content (AvgIpc) is 2.50. The number of halogens is 1. The van der Waals surface area contributed by atoms with Crippen LogP contribution in [0.15, 0.2) is 45.8 Å². The van der Waals surface area contributed by atoms with E-state index < -0.39 is 10.0 Å². The van der Waals surface area contributed by atoms with Crippen molar-refractivity contribution in [1.29, 1.82) is 0 Å². The Hall–Kier alpha value is -1.93. The summed E-state index contributed by atoms with van der Waals surface area (Å²) in [6.45, 7) is 2.39. The minimum atomic E-state index is -3.84. The number of nitrogens with two attached hydrogens (primary N) is 1. The Labute approximate surface area is 143 Å². The normalized spacial score (nSPS) is 11.1. The lowest BCUT2D eigenvalue weighted by molar-refractivity contribution is 0.338. The van der Waals surface area contributed by atoms with Crippen LogP contribution in [0.4, 0.5) is 11.4 Å². The molecule has 0 atom stereocenters. The summed E-state index contributed by atoms with van der Waals surface area (Å²) < 4.78 is 38.8. The lowest BCUT2D eigenvalue weighted by Crippen LogP contribution is -2.14. The third kappa shape index (κ3) is 4.08. The third-order valence-electron chi connectivity index (χ3n) is 2.96. The van der Waals surface area contributed by atoms with E-state index in [4.69, 9.17) is 15.2 Å². The number of methoxy groups -OCH3 is 1. The highest BCUT2D eigenvalue weighted by Gasteiger charge is 2.20. The van der Waals surface area contributed by atoms with Crippen LogP contribution in [-0.4, -0.2) is 22.1 Å². The quantitative estimate of drug-likeness (QED) is 0.726. The summed E-state index contributed by atoms with van der Waals surface area (Å²) in [5.74, 6) is 0.855. The largest absolute Gasteiger partial charge is 0.495 e. The third-order valence-corrected chi connectivity index (χ3v) is 4.98.